The Morgan fingerprint density at radius 1 is 0.560 bits per heavy atom. The summed E-state index contributed by atoms with van der Waals surface area (Å²) in [6.07, 6.45) is 10.4. The Morgan fingerprint density at radius 3 is 1.40 bits per heavy atom. The Balaban J connectivity index is 1.57. The van der Waals surface area contributed by atoms with Crippen molar-refractivity contribution in [2.75, 3.05) is 39.3 Å². The largest absolute Gasteiger partial charge is 0.395 e. The monoisotopic (exact) mass is 353 g/mol. The van der Waals surface area contributed by atoms with Crippen molar-refractivity contribution in [1.82, 2.24) is 26.6 Å². The van der Waals surface area contributed by atoms with Crippen LogP contribution in [0.3, 0.4) is 0 Å². The molecule has 3 aliphatic rings. The summed E-state index contributed by atoms with van der Waals surface area (Å²) in [6.45, 7) is 5.05. The molecule has 6 N–H and O–H groups in total. The number of rotatable bonds is 1. The molecule has 1 heterocycles. The SMILES string of the molecule is OC[C@H]1CN[C@@H]2CCCCC2NCCN[C@@H]2CCCC[C@H]2NCCN1. The summed E-state index contributed by atoms with van der Waals surface area (Å²) in [5, 5.41) is 28.2. The fourth-order valence-electron chi connectivity index (χ4n) is 4.78. The number of hydrogen-bond donors (Lipinski definition) is 6. The molecule has 3 rings (SSSR count). The minimum absolute atomic E-state index is 0.148. The number of fused-ring (bicyclic) bond motifs is 2. The first-order valence-electron chi connectivity index (χ1n) is 10.6. The third kappa shape index (κ3) is 6.15. The van der Waals surface area contributed by atoms with E-state index < -0.39 is 0 Å². The van der Waals surface area contributed by atoms with E-state index in [9.17, 15) is 5.11 Å². The lowest BCUT2D eigenvalue weighted by Gasteiger charge is -2.35. The molecular formula is C19H39N5O. The Bertz CT molecular complexity index is 370. The van der Waals surface area contributed by atoms with E-state index in [0.29, 0.717) is 24.2 Å². The first-order chi connectivity index (χ1) is 12.4. The molecule has 146 valence electrons. The Morgan fingerprint density at radius 2 is 0.960 bits per heavy atom. The smallest absolute Gasteiger partial charge is 0.0597 e. The second-order valence-corrected chi connectivity index (χ2v) is 8.10. The maximum atomic E-state index is 9.68. The molecule has 0 aromatic heterocycles. The lowest BCUT2D eigenvalue weighted by molar-refractivity contribution is 0.221. The minimum atomic E-state index is 0.148. The quantitative estimate of drug-likeness (QED) is 0.396. The third-order valence-corrected chi connectivity index (χ3v) is 6.28. The fourth-order valence-corrected chi connectivity index (χ4v) is 4.78. The minimum Gasteiger partial charge on any atom is -0.395 e. The molecule has 0 aromatic carbocycles. The van der Waals surface area contributed by atoms with Gasteiger partial charge in [-0.05, 0) is 25.7 Å². The van der Waals surface area contributed by atoms with Crippen LogP contribution in [0.1, 0.15) is 51.4 Å². The van der Waals surface area contributed by atoms with Gasteiger partial charge in [-0.25, -0.2) is 0 Å². The van der Waals surface area contributed by atoms with Gasteiger partial charge >= 0.3 is 0 Å². The van der Waals surface area contributed by atoms with Crippen LogP contribution in [-0.2, 0) is 0 Å². The summed E-state index contributed by atoms with van der Waals surface area (Å²) in [4.78, 5) is 0. The summed E-state index contributed by atoms with van der Waals surface area (Å²) in [6, 6.07) is 2.45. The van der Waals surface area contributed by atoms with Gasteiger partial charge in [-0.2, -0.15) is 0 Å². The first-order valence-corrected chi connectivity index (χ1v) is 10.6. The van der Waals surface area contributed by atoms with Crippen LogP contribution in [0, 0.1) is 0 Å². The van der Waals surface area contributed by atoms with E-state index in [1.165, 1.54) is 51.4 Å². The van der Waals surface area contributed by atoms with Crippen LogP contribution < -0.4 is 26.6 Å². The lowest BCUT2D eigenvalue weighted by Crippen LogP contribution is -2.54. The zero-order valence-corrected chi connectivity index (χ0v) is 15.7. The number of aliphatic hydroxyl groups excluding tert-OH is 1. The summed E-state index contributed by atoms with van der Waals surface area (Å²) in [5.74, 6) is 0. The molecule has 25 heavy (non-hydrogen) atoms. The van der Waals surface area contributed by atoms with Gasteiger partial charge < -0.3 is 31.7 Å². The van der Waals surface area contributed by atoms with E-state index >= 15 is 0 Å². The molecule has 6 heteroatoms. The molecule has 0 aromatic rings. The molecule has 0 spiro atoms. The van der Waals surface area contributed by atoms with Crippen molar-refractivity contribution in [1.29, 1.82) is 0 Å². The van der Waals surface area contributed by atoms with Gasteiger partial charge in [0.05, 0.1) is 6.61 Å². The summed E-state index contributed by atoms with van der Waals surface area (Å²) < 4.78 is 0. The molecule has 0 bridgehead atoms. The summed E-state index contributed by atoms with van der Waals surface area (Å²) in [5.41, 5.74) is 0. The number of aliphatic hydroxyl groups is 1. The van der Waals surface area contributed by atoms with Crippen molar-refractivity contribution in [2.45, 2.75) is 81.6 Å². The molecular weight excluding hydrogens is 314 g/mol. The van der Waals surface area contributed by atoms with Gasteiger partial charge in [-0.3, -0.25) is 0 Å². The number of hydrogen-bond acceptors (Lipinski definition) is 6. The standard InChI is InChI=1S/C19H39N5O/c25-14-15-13-24-19-8-4-3-7-18(19)23-12-11-22-17-6-2-1-5-16(17)21-10-9-20-15/h15-25H,1-14H2/t15-,16-,17-,18?,19-/m1/s1. The molecule has 1 saturated heterocycles. The van der Waals surface area contributed by atoms with Gasteiger partial charge in [0.15, 0.2) is 0 Å². The topological polar surface area (TPSA) is 80.4 Å². The van der Waals surface area contributed by atoms with E-state index in [2.05, 4.69) is 26.6 Å². The first kappa shape index (κ1) is 19.5. The zero-order chi connectivity index (χ0) is 17.3. The van der Waals surface area contributed by atoms with E-state index in [4.69, 9.17) is 0 Å². The van der Waals surface area contributed by atoms with E-state index in [-0.39, 0.29) is 12.6 Å². The van der Waals surface area contributed by atoms with Crippen LogP contribution in [-0.4, -0.2) is 74.6 Å². The summed E-state index contributed by atoms with van der Waals surface area (Å²) in [7, 11) is 0. The van der Waals surface area contributed by atoms with E-state index in [1.54, 1.807) is 0 Å². The molecule has 0 radical (unpaired) electrons. The van der Waals surface area contributed by atoms with Crippen LogP contribution in [0.5, 0.6) is 0 Å². The van der Waals surface area contributed by atoms with Gasteiger partial charge in [-0.15, -0.1) is 0 Å². The maximum Gasteiger partial charge on any atom is 0.0597 e. The summed E-state index contributed by atoms with van der Waals surface area (Å²) >= 11 is 0. The molecule has 6 nitrogen and oxygen atoms in total. The van der Waals surface area contributed by atoms with E-state index in [0.717, 1.165) is 32.7 Å². The van der Waals surface area contributed by atoms with Crippen molar-refractivity contribution in [3.05, 3.63) is 0 Å². The predicted molar refractivity (Wildman–Crippen MR) is 103 cm³/mol. The van der Waals surface area contributed by atoms with Gasteiger partial charge in [0, 0.05) is 62.9 Å². The van der Waals surface area contributed by atoms with Crippen LogP contribution in [0.4, 0.5) is 0 Å². The predicted octanol–water partition coefficient (Wildman–Crippen LogP) is -0.0687. The van der Waals surface area contributed by atoms with Crippen LogP contribution in [0.2, 0.25) is 0 Å². The highest BCUT2D eigenvalue weighted by Crippen LogP contribution is 2.20. The van der Waals surface area contributed by atoms with Crippen molar-refractivity contribution >= 4 is 0 Å². The van der Waals surface area contributed by atoms with Crippen LogP contribution in [0.15, 0.2) is 0 Å². The van der Waals surface area contributed by atoms with Gasteiger partial charge in [0.1, 0.15) is 0 Å². The highest BCUT2D eigenvalue weighted by Gasteiger charge is 2.26. The second kappa shape index (κ2) is 10.8. The molecule has 1 aliphatic heterocycles. The highest BCUT2D eigenvalue weighted by atomic mass is 16.3. The zero-order valence-electron chi connectivity index (χ0n) is 15.7. The van der Waals surface area contributed by atoms with Gasteiger partial charge in [-0.1, -0.05) is 25.7 Å². The molecule has 3 fully saturated rings. The van der Waals surface area contributed by atoms with Crippen molar-refractivity contribution < 1.29 is 5.11 Å². The lowest BCUT2D eigenvalue weighted by atomic mass is 9.89. The fraction of sp³-hybridized carbons (Fsp3) is 1.00. The average molecular weight is 354 g/mol. The molecule has 2 saturated carbocycles. The number of nitrogens with one attached hydrogen (secondary N) is 5. The Labute approximate surface area is 153 Å². The van der Waals surface area contributed by atoms with Crippen molar-refractivity contribution in [2.24, 2.45) is 0 Å². The maximum absolute atomic E-state index is 9.68. The normalized spacial score (nSPS) is 39.5. The van der Waals surface area contributed by atoms with Crippen molar-refractivity contribution in [3.8, 4) is 0 Å². The van der Waals surface area contributed by atoms with Crippen LogP contribution in [0.25, 0.3) is 0 Å². The van der Waals surface area contributed by atoms with E-state index in [1.807, 2.05) is 0 Å². The van der Waals surface area contributed by atoms with Gasteiger partial charge in [0.2, 0.25) is 0 Å². The Kier molecular flexibility index (Phi) is 8.43. The highest BCUT2D eigenvalue weighted by molar-refractivity contribution is 4.90. The Hall–Kier alpha value is -0.240. The molecule has 1 unspecified atom stereocenters. The molecule has 0 amide bonds. The molecule has 2 aliphatic carbocycles. The average Bonchev–Trinajstić information content (AvgIpc) is 2.66. The van der Waals surface area contributed by atoms with Crippen LogP contribution >= 0.6 is 0 Å². The van der Waals surface area contributed by atoms with Crippen molar-refractivity contribution in [3.63, 3.8) is 0 Å². The van der Waals surface area contributed by atoms with Gasteiger partial charge in [0.25, 0.3) is 0 Å². The molecule has 5 atom stereocenters. The second-order valence-electron chi connectivity index (χ2n) is 8.10. The third-order valence-electron chi connectivity index (χ3n) is 6.28.